The van der Waals surface area contributed by atoms with E-state index in [-0.39, 0.29) is 30.2 Å². The Balaban J connectivity index is 1.52. The number of hydrogen-bond acceptors (Lipinski definition) is 4. The Morgan fingerprint density at radius 3 is 2.42 bits per heavy atom. The summed E-state index contributed by atoms with van der Waals surface area (Å²) in [5, 5.41) is 16.4. The van der Waals surface area contributed by atoms with Crippen LogP contribution in [0, 0.1) is 17.0 Å². The molecule has 2 aromatic carbocycles. The summed E-state index contributed by atoms with van der Waals surface area (Å²) in [5.41, 5.74) is 4.73. The predicted molar refractivity (Wildman–Crippen MR) is 121 cm³/mol. The molecule has 0 heterocycles. The van der Waals surface area contributed by atoms with Crippen LogP contribution >= 0.6 is 0 Å². The van der Waals surface area contributed by atoms with E-state index in [0.29, 0.717) is 5.56 Å². The standard InChI is InChI=1S/C24H25N3O4/c1-16-7-12-21(22(15-16)27(30)31)26-23(28)13-14-25-24(29)19-10-8-18(9-11-19)20-6-4-3-5-17(20)2/h5-12,15H,3-4,13-14H2,1-2H3,(H,25,29)(H,26,28). The number of nitrogens with one attached hydrogen (secondary N) is 2. The van der Waals surface area contributed by atoms with E-state index in [1.807, 2.05) is 12.1 Å². The van der Waals surface area contributed by atoms with Crippen LogP contribution in [0.5, 0.6) is 0 Å². The smallest absolute Gasteiger partial charge is 0.293 e. The fourth-order valence-electron chi connectivity index (χ4n) is 3.45. The van der Waals surface area contributed by atoms with E-state index < -0.39 is 10.8 Å². The van der Waals surface area contributed by atoms with Crippen molar-refractivity contribution in [1.29, 1.82) is 0 Å². The van der Waals surface area contributed by atoms with Crippen LogP contribution in [-0.2, 0) is 4.79 Å². The minimum Gasteiger partial charge on any atom is -0.352 e. The maximum Gasteiger partial charge on any atom is 0.293 e. The molecule has 0 atom stereocenters. The van der Waals surface area contributed by atoms with Crippen LogP contribution in [0.15, 0.2) is 60.2 Å². The Labute approximate surface area is 181 Å². The Hall–Kier alpha value is -3.74. The predicted octanol–water partition coefficient (Wildman–Crippen LogP) is 4.79. The first-order chi connectivity index (χ1) is 14.8. The van der Waals surface area contributed by atoms with Crippen molar-refractivity contribution in [2.24, 2.45) is 0 Å². The maximum atomic E-state index is 12.4. The van der Waals surface area contributed by atoms with Crippen molar-refractivity contribution in [2.75, 3.05) is 11.9 Å². The summed E-state index contributed by atoms with van der Waals surface area (Å²) in [7, 11) is 0. The molecule has 0 unspecified atom stereocenters. The number of benzene rings is 2. The average molecular weight is 419 g/mol. The van der Waals surface area contributed by atoms with Crippen molar-refractivity contribution in [3.05, 3.63) is 87.0 Å². The number of carbonyl (C=O) groups excluding carboxylic acids is 2. The molecule has 1 aliphatic rings. The molecule has 0 aliphatic heterocycles. The lowest BCUT2D eigenvalue weighted by atomic mass is 9.92. The number of rotatable bonds is 7. The highest BCUT2D eigenvalue weighted by Crippen LogP contribution is 2.28. The first-order valence-electron chi connectivity index (χ1n) is 10.2. The molecule has 31 heavy (non-hydrogen) atoms. The van der Waals surface area contributed by atoms with Crippen molar-refractivity contribution in [3.8, 4) is 0 Å². The largest absolute Gasteiger partial charge is 0.352 e. The number of aryl methyl sites for hydroxylation is 1. The van der Waals surface area contributed by atoms with Gasteiger partial charge >= 0.3 is 0 Å². The number of nitro groups is 1. The van der Waals surface area contributed by atoms with Gasteiger partial charge in [0.1, 0.15) is 5.69 Å². The maximum absolute atomic E-state index is 12.4. The molecule has 0 spiro atoms. The van der Waals surface area contributed by atoms with Gasteiger partial charge in [-0.2, -0.15) is 0 Å². The molecule has 0 bridgehead atoms. The van der Waals surface area contributed by atoms with Crippen molar-refractivity contribution in [3.63, 3.8) is 0 Å². The third kappa shape index (κ3) is 5.66. The van der Waals surface area contributed by atoms with E-state index in [4.69, 9.17) is 0 Å². The molecule has 7 heteroatoms. The van der Waals surface area contributed by atoms with Crippen molar-refractivity contribution >= 4 is 28.8 Å². The second-order valence-corrected chi connectivity index (χ2v) is 7.49. The first-order valence-corrected chi connectivity index (χ1v) is 10.2. The van der Waals surface area contributed by atoms with Crippen LogP contribution in [0.4, 0.5) is 11.4 Å². The van der Waals surface area contributed by atoms with Crippen LogP contribution in [0.3, 0.4) is 0 Å². The monoisotopic (exact) mass is 419 g/mol. The number of hydrogen-bond donors (Lipinski definition) is 2. The lowest BCUT2D eigenvalue weighted by molar-refractivity contribution is -0.384. The summed E-state index contributed by atoms with van der Waals surface area (Å²) in [6.45, 7) is 3.95. The molecule has 0 radical (unpaired) electrons. The molecule has 0 saturated carbocycles. The Bertz CT molecular complexity index is 1070. The topological polar surface area (TPSA) is 101 Å². The highest BCUT2D eigenvalue weighted by molar-refractivity contribution is 5.96. The van der Waals surface area contributed by atoms with Crippen LogP contribution in [0.25, 0.3) is 5.57 Å². The normalized spacial score (nSPS) is 13.1. The zero-order chi connectivity index (χ0) is 22.4. The molecule has 2 aromatic rings. The van der Waals surface area contributed by atoms with E-state index in [9.17, 15) is 19.7 Å². The van der Waals surface area contributed by atoms with Crippen molar-refractivity contribution in [2.45, 2.75) is 33.1 Å². The lowest BCUT2D eigenvalue weighted by Gasteiger charge is -2.13. The van der Waals surface area contributed by atoms with Gasteiger partial charge in [-0.3, -0.25) is 19.7 Å². The van der Waals surface area contributed by atoms with Gasteiger partial charge in [-0.15, -0.1) is 0 Å². The average Bonchev–Trinajstić information content (AvgIpc) is 2.75. The molecular weight excluding hydrogens is 394 g/mol. The van der Waals surface area contributed by atoms with Gasteiger partial charge in [0.25, 0.3) is 11.6 Å². The van der Waals surface area contributed by atoms with Crippen molar-refractivity contribution < 1.29 is 14.5 Å². The third-order valence-electron chi connectivity index (χ3n) is 5.11. The van der Waals surface area contributed by atoms with Gasteiger partial charge in [-0.05, 0) is 67.2 Å². The van der Waals surface area contributed by atoms with Gasteiger partial charge < -0.3 is 10.6 Å². The summed E-state index contributed by atoms with van der Waals surface area (Å²) < 4.78 is 0. The first kappa shape index (κ1) is 22.0. The van der Waals surface area contributed by atoms with Gasteiger partial charge in [-0.25, -0.2) is 0 Å². The molecule has 160 valence electrons. The molecule has 0 fully saturated rings. The van der Waals surface area contributed by atoms with Crippen LogP contribution in [-0.4, -0.2) is 23.3 Å². The van der Waals surface area contributed by atoms with E-state index in [0.717, 1.165) is 24.0 Å². The molecule has 3 rings (SSSR count). The molecule has 2 amide bonds. The quantitative estimate of drug-likeness (QED) is 0.498. The number of amides is 2. The number of nitrogens with zero attached hydrogens (tertiary/aromatic N) is 1. The minimum atomic E-state index is -0.533. The van der Waals surface area contributed by atoms with Crippen molar-refractivity contribution in [1.82, 2.24) is 5.32 Å². The van der Waals surface area contributed by atoms with Gasteiger partial charge in [0.2, 0.25) is 5.91 Å². The Kier molecular flexibility index (Phi) is 6.97. The number of carbonyl (C=O) groups is 2. The second-order valence-electron chi connectivity index (χ2n) is 7.49. The number of nitro benzene ring substituents is 1. The lowest BCUT2D eigenvalue weighted by Crippen LogP contribution is -2.27. The van der Waals surface area contributed by atoms with E-state index in [1.54, 1.807) is 25.1 Å². The molecule has 7 nitrogen and oxygen atoms in total. The Morgan fingerprint density at radius 1 is 1.03 bits per heavy atom. The fourth-order valence-corrected chi connectivity index (χ4v) is 3.45. The van der Waals surface area contributed by atoms with Crippen LogP contribution < -0.4 is 10.6 Å². The van der Waals surface area contributed by atoms with E-state index in [1.165, 1.54) is 23.3 Å². The van der Waals surface area contributed by atoms with Crippen LogP contribution in [0.1, 0.15) is 47.7 Å². The summed E-state index contributed by atoms with van der Waals surface area (Å²) in [5.74, 6) is -0.681. The van der Waals surface area contributed by atoms with E-state index in [2.05, 4.69) is 29.7 Å². The Morgan fingerprint density at radius 2 is 1.74 bits per heavy atom. The molecular formula is C24H25N3O4. The highest BCUT2D eigenvalue weighted by Gasteiger charge is 2.16. The summed E-state index contributed by atoms with van der Waals surface area (Å²) >= 11 is 0. The zero-order valence-corrected chi connectivity index (χ0v) is 17.6. The fraction of sp³-hybridized carbons (Fsp3) is 0.250. The molecule has 1 aliphatic carbocycles. The summed E-state index contributed by atoms with van der Waals surface area (Å²) in [6.07, 6.45) is 6.50. The molecule has 0 saturated heterocycles. The van der Waals surface area contributed by atoms with Gasteiger partial charge in [0, 0.05) is 24.6 Å². The summed E-state index contributed by atoms with van der Waals surface area (Å²) in [4.78, 5) is 35.1. The summed E-state index contributed by atoms with van der Waals surface area (Å²) in [6, 6.07) is 12.0. The highest BCUT2D eigenvalue weighted by atomic mass is 16.6. The second kappa shape index (κ2) is 9.84. The molecule has 2 N–H and O–H groups in total. The van der Waals surface area contributed by atoms with Crippen LogP contribution in [0.2, 0.25) is 0 Å². The van der Waals surface area contributed by atoms with Gasteiger partial charge in [-0.1, -0.05) is 30.4 Å². The third-order valence-corrected chi connectivity index (χ3v) is 5.11. The van der Waals surface area contributed by atoms with E-state index >= 15 is 0 Å². The minimum absolute atomic E-state index is 0.00568. The van der Waals surface area contributed by atoms with Gasteiger partial charge in [0.05, 0.1) is 4.92 Å². The zero-order valence-electron chi connectivity index (χ0n) is 17.6. The SMILES string of the molecule is CC1=CCCC=C1c1ccc(C(=O)NCCC(=O)Nc2ccc(C)cc2[N+](=O)[O-])cc1. The number of anilines is 1. The van der Waals surface area contributed by atoms with Gasteiger partial charge in [0.15, 0.2) is 0 Å². The number of allylic oxidation sites excluding steroid dienone is 4. The molecule has 0 aromatic heterocycles.